The second-order valence-corrected chi connectivity index (χ2v) is 6.70. The molecule has 1 aromatic carbocycles. The van der Waals surface area contributed by atoms with Crippen molar-refractivity contribution >= 4 is 40.1 Å². The number of unbranched alkanes of at least 4 members (excludes halogenated alkanes) is 3. The highest BCUT2D eigenvalue weighted by Gasteiger charge is 2.15. The van der Waals surface area contributed by atoms with E-state index in [1.54, 1.807) is 0 Å². The first kappa shape index (κ1) is 21.7. The first-order valence-corrected chi connectivity index (χ1v) is 9.28. The number of carbonyl (C=O) groups excluding carboxylic acids is 1. The molecule has 25 heavy (non-hydrogen) atoms. The molecule has 0 atom stereocenters. The molecule has 1 aromatic heterocycles. The van der Waals surface area contributed by atoms with E-state index in [0.717, 1.165) is 59.9 Å². The molecule has 1 heterocycles. The quantitative estimate of drug-likeness (QED) is 0.506. The number of nitrogens with one attached hydrogen (secondary N) is 2. The fraction of sp³-hybridized carbons (Fsp3) is 0.444. The third-order valence-corrected chi connectivity index (χ3v) is 4.50. The molecule has 0 aliphatic carbocycles. The number of halogens is 2. The molecule has 0 radical (unpaired) electrons. The molecule has 0 saturated heterocycles. The lowest BCUT2D eigenvalue weighted by molar-refractivity contribution is -0.116. The Morgan fingerprint density at radius 2 is 1.88 bits per heavy atom. The number of nitrogens with zero attached hydrogens (tertiary/aromatic N) is 1. The second kappa shape index (κ2) is 11.3. The minimum Gasteiger partial charge on any atom is -0.330 e. The zero-order valence-corrected chi connectivity index (χ0v) is 16.9. The Balaban J connectivity index is 0.00000312. The first-order valence-electron chi connectivity index (χ1n) is 8.48. The van der Waals surface area contributed by atoms with E-state index in [9.17, 15) is 4.79 Å². The number of aromatic amines is 1. The van der Waals surface area contributed by atoms with Crippen molar-refractivity contribution in [1.29, 1.82) is 0 Å². The Morgan fingerprint density at radius 3 is 2.52 bits per heavy atom. The van der Waals surface area contributed by atoms with Crippen molar-refractivity contribution in [3.63, 3.8) is 0 Å². The van der Waals surface area contributed by atoms with Gasteiger partial charge in [-0.25, -0.2) is 0 Å². The van der Waals surface area contributed by atoms with Gasteiger partial charge in [-0.1, -0.05) is 47.8 Å². The molecule has 5 nitrogen and oxygen atoms in total. The monoisotopic (exact) mass is 428 g/mol. The Hall–Kier alpha value is -1.37. The number of H-pyrrole nitrogens is 1. The molecule has 4 N–H and O–H groups in total. The van der Waals surface area contributed by atoms with Gasteiger partial charge in [0, 0.05) is 16.5 Å². The van der Waals surface area contributed by atoms with E-state index in [4.69, 9.17) is 5.73 Å². The van der Waals surface area contributed by atoms with E-state index < -0.39 is 0 Å². The fourth-order valence-electron chi connectivity index (χ4n) is 2.65. The molecule has 0 saturated carbocycles. The van der Waals surface area contributed by atoms with E-state index >= 15 is 0 Å². The van der Waals surface area contributed by atoms with E-state index in [2.05, 4.69) is 38.4 Å². The van der Waals surface area contributed by atoms with Crippen LogP contribution in [0.4, 0.5) is 5.82 Å². The van der Waals surface area contributed by atoms with Crippen molar-refractivity contribution in [2.75, 3.05) is 11.9 Å². The van der Waals surface area contributed by atoms with Crippen LogP contribution in [0.2, 0.25) is 0 Å². The molecule has 0 unspecified atom stereocenters. The van der Waals surface area contributed by atoms with Gasteiger partial charge in [0.1, 0.15) is 0 Å². The van der Waals surface area contributed by atoms with Crippen LogP contribution in [0.15, 0.2) is 28.7 Å². The molecule has 7 heteroatoms. The number of nitrogens with two attached hydrogens (primary N) is 1. The highest BCUT2D eigenvalue weighted by atomic mass is 79.9. The molecule has 1 amide bonds. The molecule has 0 spiro atoms. The summed E-state index contributed by atoms with van der Waals surface area (Å²) in [5.74, 6) is 0.661. The van der Waals surface area contributed by atoms with Crippen molar-refractivity contribution < 1.29 is 4.79 Å². The highest BCUT2D eigenvalue weighted by Crippen LogP contribution is 2.28. The predicted molar refractivity (Wildman–Crippen MR) is 109 cm³/mol. The number of benzene rings is 1. The van der Waals surface area contributed by atoms with E-state index in [1.807, 2.05) is 24.3 Å². The summed E-state index contributed by atoms with van der Waals surface area (Å²) in [5, 5.41) is 10.3. The summed E-state index contributed by atoms with van der Waals surface area (Å²) in [4.78, 5) is 12.1. The third kappa shape index (κ3) is 6.45. The van der Waals surface area contributed by atoms with Crippen LogP contribution in [0.1, 0.15) is 44.6 Å². The number of rotatable bonds is 9. The second-order valence-electron chi connectivity index (χ2n) is 5.79. The molecule has 0 aliphatic heterocycles. The molecular weight excluding hydrogens is 404 g/mol. The van der Waals surface area contributed by atoms with E-state index in [1.165, 1.54) is 0 Å². The zero-order valence-electron chi connectivity index (χ0n) is 14.5. The normalized spacial score (nSPS) is 10.4. The topological polar surface area (TPSA) is 83.8 Å². The van der Waals surface area contributed by atoms with Crippen LogP contribution in [0.5, 0.6) is 0 Å². The van der Waals surface area contributed by atoms with E-state index in [-0.39, 0.29) is 18.3 Å². The summed E-state index contributed by atoms with van der Waals surface area (Å²) in [6, 6.07) is 8.05. The minimum absolute atomic E-state index is 0. The van der Waals surface area contributed by atoms with Crippen molar-refractivity contribution in [1.82, 2.24) is 10.2 Å². The predicted octanol–water partition coefficient (Wildman–Crippen LogP) is 4.67. The van der Waals surface area contributed by atoms with Crippen molar-refractivity contribution in [3.8, 4) is 11.3 Å². The standard InChI is InChI=1S/C18H25BrN4O.ClH/c1-2-15-17(13-8-10-14(19)11-9-13)22-23-18(15)21-16(24)7-5-3-4-6-12-20;/h8-11H,2-7,12,20H2,1H3,(H2,21,22,23,24);1H. The number of anilines is 1. The highest BCUT2D eigenvalue weighted by molar-refractivity contribution is 9.10. The number of aromatic nitrogens is 2. The van der Waals surface area contributed by atoms with Gasteiger partial charge in [-0.2, -0.15) is 5.10 Å². The lowest BCUT2D eigenvalue weighted by Crippen LogP contribution is -2.12. The van der Waals surface area contributed by atoms with Gasteiger partial charge in [0.25, 0.3) is 0 Å². The number of amides is 1. The van der Waals surface area contributed by atoms with Gasteiger partial charge in [-0.3, -0.25) is 9.89 Å². The maximum absolute atomic E-state index is 12.1. The largest absolute Gasteiger partial charge is 0.330 e. The van der Waals surface area contributed by atoms with Crippen LogP contribution >= 0.6 is 28.3 Å². The maximum Gasteiger partial charge on any atom is 0.225 e. The van der Waals surface area contributed by atoms with Crippen LogP contribution < -0.4 is 11.1 Å². The number of carbonyl (C=O) groups is 1. The SMILES string of the molecule is CCc1c(NC(=O)CCCCCCN)n[nH]c1-c1ccc(Br)cc1.Cl. The van der Waals surface area contributed by atoms with Gasteiger partial charge in [0.2, 0.25) is 5.91 Å². The van der Waals surface area contributed by atoms with Gasteiger partial charge >= 0.3 is 0 Å². The smallest absolute Gasteiger partial charge is 0.225 e. The molecule has 0 aliphatic rings. The van der Waals surface area contributed by atoms with Gasteiger partial charge in [0.05, 0.1) is 5.69 Å². The van der Waals surface area contributed by atoms with Crippen LogP contribution in [0.25, 0.3) is 11.3 Å². The Labute approximate surface area is 163 Å². The molecule has 0 fully saturated rings. The zero-order chi connectivity index (χ0) is 17.4. The van der Waals surface area contributed by atoms with Gasteiger partial charge in [0.15, 0.2) is 5.82 Å². The summed E-state index contributed by atoms with van der Waals surface area (Å²) in [6.45, 7) is 2.79. The Kier molecular flexibility index (Phi) is 9.78. The number of hydrogen-bond donors (Lipinski definition) is 3. The summed E-state index contributed by atoms with van der Waals surface area (Å²) >= 11 is 3.44. The van der Waals surface area contributed by atoms with Gasteiger partial charge in [-0.05, 0) is 43.5 Å². The molecule has 138 valence electrons. The Bertz CT molecular complexity index is 658. The average Bonchev–Trinajstić information content (AvgIpc) is 2.98. The lowest BCUT2D eigenvalue weighted by Gasteiger charge is -2.06. The lowest BCUT2D eigenvalue weighted by atomic mass is 10.1. The third-order valence-electron chi connectivity index (χ3n) is 3.97. The maximum atomic E-state index is 12.1. The van der Waals surface area contributed by atoms with Crippen molar-refractivity contribution in [2.24, 2.45) is 5.73 Å². The first-order chi connectivity index (χ1) is 11.7. The Morgan fingerprint density at radius 1 is 1.20 bits per heavy atom. The average molecular weight is 430 g/mol. The fourth-order valence-corrected chi connectivity index (χ4v) is 2.91. The summed E-state index contributed by atoms with van der Waals surface area (Å²) in [6.07, 6.45) is 5.35. The van der Waals surface area contributed by atoms with Crippen LogP contribution in [-0.4, -0.2) is 22.6 Å². The van der Waals surface area contributed by atoms with Crippen molar-refractivity contribution in [3.05, 3.63) is 34.3 Å². The summed E-state index contributed by atoms with van der Waals surface area (Å²) in [7, 11) is 0. The van der Waals surface area contributed by atoms with Crippen LogP contribution in [-0.2, 0) is 11.2 Å². The van der Waals surface area contributed by atoms with Crippen LogP contribution in [0.3, 0.4) is 0 Å². The molecule has 2 rings (SSSR count). The summed E-state index contributed by atoms with van der Waals surface area (Å²) < 4.78 is 1.03. The molecule has 2 aromatic rings. The summed E-state index contributed by atoms with van der Waals surface area (Å²) in [5.41, 5.74) is 8.53. The molecular formula is C18H26BrClN4O. The van der Waals surface area contributed by atoms with E-state index in [0.29, 0.717) is 12.2 Å². The van der Waals surface area contributed by atoms with Gasteiger partial charge in [-0.15, -0.1) is 12.4 Å². The number of hydrogen-bond acceptors (Lipinski definition) is 3. The van der Waals surface area contributed by atoms with Gasteiger partial charge < -0.3 is 11.1 Å². The van der Waals surface area contributed by atoms with Crippen LogP contribution in [0, 0.1) is 0 Å². The minimum atomic E-state index is 0. The molecule has 0 bridgehead atoms. The van der Waals surface area contributed by atoms with Crippen molar-refractivity contribution in [2.45, 2.75) is 45.4 Å².